The minimum Gasteiger partial charge on any atom is -0.356 e. The van der Waals surface area contributed by atoms with Gasteiger partial charge >= 0.3 is 0 Å². The summed E-state index contributed by atoms with van der Waals surface area (Å²) < 4.78 is 2.05. The molecule has 0 amide bonds. The minimum absolute atomic E-state index is 0.936. The fourth-order valence-electron chi connectivity index (χ4n) is 4.16. The van der Waals surface area contributed by atoms with E-state index in [1.807, 2.05) is 12.1 Å². The van der Waals surface area contributed by atoms with Crippen LogP contribution in [0.1, 0.15) is 25.0 Å². The Bertz CT molecular complexity index is 1090. The predicted octanol–water partition coefficient (Wildman–Crippen LogP) is 5.36. The maximum absolute atomic E-state index is 5.07. The molecule has 0 atom stereocenters. The largest absolute Gasteiger partial charge is 0.356 e. The highest BCUT2D eigenvalue weighted by molar-refractivity contribution is 5.82. The summed E-state index contributed by atoms with van der Waals surface area (Å²) in [5, 5.41) is 4.91. The Hall–Kier alpha value is -3.14. The second-order valence-electron chi connectivity index (χ2n) is 7.48. The smallest absolute Gasteiger partial charge is 0.166 e. The summed E-state index contributed by atoms with van der Waals surface area (Å²) in [5.74, 6) is 1.15. The molecule has 1 fully saturated rings. The molecule has 2 aromatic carbocycles. The third-order valence-corrected chi connectivity index (χ3v) is 5.56. The molecule has 0 saturated carbocycles. The molecule has 0 aliphatic carbocycles. The Morgan fingerprint density at radius 3 is 2.11 bits per heavy atom. The number of hydrogen-bond donors (Lipinski definition) is 0. The maximum atomic E-state index is 5.07. The Labute approximate surface area is 165 Å². The zero-order valence-corrected chi connectivity index (χ0v) is 16.2. The van der Waals surface area contributed by atoms with Gasteiger partial charge in [0.15, 0.2) is 5.65 Å². The first-order valence-corrected chi connectivity index (χ1v) is 10.1. The van der Waals surface area contributed by atoms with Crippen LogP contribution < -0.4 is 4.90 Å². The van der Waals surface area contributed by atoms with Crippen molar-refractivity contribution in [3.63, 3.8) is 0 Å². The van der Waals surface area contributed by atoms with Gasteiger partial charge in [-0.05, 0) is 31.7 Å². The molecule has 140 valence electrons. The molecule has 2 aromatic heterocycles. The van der Waals surface area contributed by atoms with Gasteiger partial charge in [0.05, 0.1) is 11.4 Å². The number of aromatic nitrogens is 3. The van der Waals surface area contributed by atoms with E-state index in [-0.39, 0.29) is 0 Å². The molecule has 4 nitrogen and oxygen atoms in total. The van der Waals surface area contributed by atoms with E-state index in [1.54, 1.807) is 0 Å². The third kappa shape index (κ3) is 2.95. The number of fused-ring (bicyclic) bond motifs is 1. The van der Waals surface area contributed by atoms with Crippen LogP contribution >= 0.6 is 0 Å². The maximum Gasteiger partial charge on any atom is 0.166 e. The van der Waals surface area contributed by atoms with Gasteiger partial charge in [-0.1, -0.05) is 60.7 Å². The molecule has 0 N–H and O–H groups in total. The Morgan fingerprint density at radius 2 is 1.43 bits per heavy atom. The lowest BCUT2D eigenvalue weighted by molar-refractivity contribution is 0.568. The lowest BCUT2D eigenvalue weighted by atomic mass is 10.1. The van der Waals surface area contributed by atoms with E-state index in [0.29, 0.717) is 0 Å². The van der Waals surface area contributed by atoms with Crippen LogP contribution in [0.4, 0.5) is 5.82 Å². The van der Waals surface area contributed by atoms with Gasteiger partial charge in [-0.25, -0.2) is 4.98 Å². The van der Waals surface area contributed by atoms with Gasteiger partial charge in [-0.2, -0.15) is 9.61 Å². The molecule has 3 heterocycles. The van der Waals surface area contributed by atoms with Crippen molar-refractivity contribution >= 4 is 11.5 Å². The van der Waals surface area contributed by atoms with Crippen molar-refractivity contribution in [2.45, 2.75) is 26.2 Å². The molecule has 0 unspecified atom stereocenters. The van der Waals surface area contributed by atoms with Gasteiger partial charge in [0.1, 0.15) is 5.82 Å². The zero-order valence-electron chi connectivity index (χ0n) is 16.2. The van der Waals surface area contributed by atoms with Crippen molar-refractivity contribution in [1.82, 2.24) is 14.6 Å². The molecule has 1 aliphatic rings. The summed E-state index contributed by atoms with van der Waals surface area (Å²) in [5.41, 5.74) is 6.38. The molecule has 0 radical (unpaired) electrons. The van der Waals surface area contributed by atoms with Crippen LogP contribution in [-0.2, 0) is 0 Å². The molecule has 0 spiro atoms. The quantitative estimate of drug-likeness (QED) is 0.488. The summed E-state index contributed by atoms with van der Waals surface area (Å²) in [4.78, 5) is 7.54. The summed E-state index contributed by atoms with van der Waals surface area (Å²) in [6, 6.07) is 23.1. The van der Waals surface area contributed by atoms with Crippen molar-refractivity contribution in [2.24, 2.45) is 0 Å². The fraction of sp³-hybridized carbons (Fsp3) is 0.250. The van der Waals surface area contributed by atoms with Gasteiger partial charge in [0.2, 0.25) is 0 Å². The van der Waals surface area contributed by atoms with Crippen LogP contribution in [0.3, 0.4) is 0 Å². The van der Waals surface area contributed by atoms with Gasteiger partial charge in [-0.3, -0.25) is 0 Å². The number of nitrogens with zero attached hydrogens (tertiary/aromatic N) is 4. The monoisotopic (exact) mass is 368 g/mol. The molecule has 1 aliphatic heterocycles. The predicted molar refractivity (Wildman–Crippen MR) is 115 cm³/mol. The van der Waals surface area contributed by atoms with Crippen molar-refractivity contribution in [1.29, 1.82) is 0 Å². The molecule has 4 aromatic rings. The van der Waals surface area contributed by atoms with Crippen LogP contribution in [0.15, 0.2) is 66.7 Å². The molecule has 0 bridgehead atoms. The van der Waals surface area contributed by atoms with Gasteiger partial charge in [0, 0.05) is 30.3 Å². The summed E-state index contributed by atoms with van der Waals surface area (Å²) in [6.45, 7) is 4.24. The number of aryl methyl sites for hydroxylation is 1. The van der Waals surface area contributed by atoms with Crippen LogP contribution in [-0.4, -0.2) is 27.7 Å². The average molecular weight is 368 g/mol. The third-order valence-electron chi connectivity index (χ3n) is 5.56. The average Bonchev–Trinajstić information content (AvgIpc) is 3.10. The van der Waals surface area contributed by atoms with Crippen LogP contribution in [0.5, 0.6) is 0 Å². The summed E-state index contributed by atoms with van der Waals surface area (Å²) >= 11 is 0. The second kappa shape index (κ2) is 7.12. The number of anilines is 1. The Balaban J connectivity index is 1.78. The van der Waals surface area contributed by atoms with E-state index in [9.17, 15) is 0 Å². The van der Waals surface area contributed by atoms with E-state index in [4.69, 9.17) is 10.1 Å². The Morgan fingerprint density at radius 1 is 0.786 bits per heavy atom. The number of rotatable bonds is 3. The lowest BCUT2D eigenvalue weighted by Crippen LogP contribution is -2.31. The highest BCUT2D eigenvalue weighted by Gasteiger charge is 2.21. The SMILES string of the molecule is Cc1nn2c(N3CCCCC3)cc(-c3ccccc3)nc2c1-c1ccccc1. The van der Waals surface area contributed by atoms with Gasteiger partial charge in [-0.15, -0.1) is 0 Å². The lowest BCUT2D eigenvalue weighted by Gasteiger charge is -2.29. The van der Waals surface area contributed by atoms with Crippen LogP contribution in [0.25, 0.3) is 28.0 Å². The molecule has 4 heteroatoms. The van der Waals surface area contributed by atoms with Crippen molar-refractivity contribution < 1.29 is 0 Å². The highest BCUT2D eigenvalue weighted by Crippen LogP contribution is 2.33. The van der Waals surface area contributed by atoms with Crippen molar-refractivity contribution in [3.8, 4) is 22.4 Å². The Kier molecular flexibility index (Phi) is 4.32. The fourth-order valence-corrected chi connectivity index (χ4v) is 4.16. The molecular formula is C24H24N4. The minimum atomic E-state index is 0.936. The first kappa shape index (κ1) is 17.0. The zero-order chi connectivity index (χ0) is 18.9. The first-order valence-electron chi connectivity index (χ1n) is 10.1. The van der Waals surface area contributed by atoms with E-state index >= 15 is 0 Å². The van der Waals surface area contributed by atoms with Crippen LogP contribution in [0, 0.1) is 6.92 Å². The molecular weight excluding hydrogens is 344 g/mol. The van der Waals surface area contributed by atoms with Crippen LogP contribution in [0.2, 0.25) is 0 Å². The first-order chi connectivity index (χ1) is 13.8. The molecule has 28 heavy (non-hydrogen) atoms. The molecule has 1 saturated heterocycles. The highest BCUT2D eigenvalue weighted by atomic mass is 15.4. The number of hydrogen-bond acceptors (Lipinski definition) is 3. The topological polar surface area (TPSA) is 33.4 Å². The summed E-state index contributed by atoms with van der Waals surface area (Å²) in [7, 11) is 0. The number of piperidine rings is 1. The van der Waals surface area contributed by atoms with Gasteiger partial charge < -0.3 is 4.90 Å². The normalized spacial score (nSPS) is 14.5. The van der Waals surface area contributed by atoms with Crippen molar-refractivity contribution in [2.75, 3.05) is 18.0 Å². The van der Waals surface area contributed by atoms with Crippen molar-refractivity contribution in [3.05, 3.63) is 72.4 Å². The molecule has 5 rings (SSSR count). The number of benzene rings is 2. The van der Waals surface area contributed by atoms with E-state index in [0.717, 1.165) is 52.6 Å². The standard InChI is InChI=1S/C24H24N4/c1-18-23(20-13-7-3-8-14-20)24-25-21(19-11-5-2-6-12-19)17-22(28(24)26-18)27-15-9-4-10-16-27/h2-3,5-8,11-14,17H,4,9-10,15-16H2,1H3. The van der Waals surface area contributed by atoms with Gasteiger partial charge in [0.25, 0.3) is 0 Å². The van der Waals surface area contributed by atoms with E-state index in [2.05, 4.69) is 70.9 Å². The second-order valence-corrected chi connectivity index (χ2v) is 7.48. The summed E-state index contributed by atoms with van der Waals surface area (Å²) in [6.07, 6.45) is 3.77. The van der Waals surface area contributed by atoms with E-state index in [1.165, 1.54) is 19.3 Å². The van der Waals surface area contributed by atoms with E-state index < -0.39 is 0 Å².